The smallest absolute Gasteiger partial charge is 0.270 e. The van der Waals surface area contributed by atoms with Gasteiger partial charge in [0.25, 0.3) is 5.91 Å². The minimum atomic E-state index is -3.54. The third kappa shape index (κ3) is 3.13. The standard InChI is InChI=1S/C12H19NO4S/c1-5-6-7-18(15,16)13(4)12(14)11-8-9(2)17-10(11)3/h8H,5-7H2,1-4H3. The molecule has 18 heavy (non-hydrogen) atoms. The van der Waals surface area contributed by atoms with Crippen LogP contribution in [0.3, 0.4) is 0 Å². The molecule has 0 aromatic carbocycles. The first-order valence-electron chi connectivity index (χ1n) is 5.87. The molecule has 0 saturated heterocycles. The number of nitrogens with zero attached hydrogens (tertiary/aromatic N) is 1. The van der Waals surface area contributed by atoms with Crippen LogP contribution >= 0.6 is 0 Å². The van der Waals surface area contributed by atoms with Crippen molar-refractivity contribution in [1.82, 2.24) is 4.31 Å². The van der Waals surface area contributed by atoms with E-state index in [9.17, 15) is 13.2 Å². The maximum atomic E-state index is 12.1. The predicted octanol–water partition coefficient (Wildman–Crippen LogP) is 2.10. The number of hydrogen-bond donors (Lipinski definition) is 0. The fraction of sp³-hybridized carbons (Fsp3) is 0.583. The molecular weight excluding hydrogens is 254 g/mol. The van der Waals surface area contributed by atoms with Gasteiger partial charge in [-0.15, -0.1) is 0 Å². The highest BCUT2D eigenvalue weighted by Crippen LogP contribution is 2.17. The van der Waals surface area contributed by atoms with Gasteiger partial charge in [-0.3, -0.25) is 4.79 Å². The second-order valence-electron chi connectivity index (χ2n) is 4.27. The molecule has 1 aromatic rings. The van der Waals surface area contributed by atoms with Crippen molar-refractivity contribution >= 4 is 15.9 Å². The van der Waals surface area contributed by atoms with Gasteiger partial charge >= 0.3 is 0 Å². The molecule has 0 saturated carbocycles. The Morgan fingerprint density at radius 2 is 2.00 bits per heavy atom. The minimum absolute atomic E-state index is 0.0123. The molecule has 0 atom stereocenters. The number of unbranched alkanes of at least 4 members (excludes halogenated alkanes) is 1. The number of aryl methyl sites for hydroxylation is 2. The monoisotopic (exact) mass is 273 g/mol. The van der Waals surface area contributed by atoms with E-state index in [1.165, 1.54) is 7.05 Å². The van der Waals surface area contributed by atoms with Crippen LogP contribution in [0.15, 0.2) is 10.5 Å². The second kappa shape index (κ2) is 5.56. The van der Waals surface area contributed by atoms with Crippen LogP contribution in [0.4, 0.5) is 0 Å². The average molecular weight is 273 g/mol. The lowest BCUT2D eigenvalue weighted by Gasteiger charge is -2.16. The van der Waals surface area contributed by atoms with Gasteiger partial charge in [-0.1, -0.05) is 13.3 Å². The van der Waals surface area contributed by atoms with Crippen LogP contribution in [0.5, 0.6) is 0 Å². The first-order chi connectivity index (χ1) is 8.29. The molecule has 102 valence electrons. The Bertz CT molecular complexity index is 530. The molecule has 6 heteroatoms. The van der Waals surface area contributed by atoms with Crippen LogP contribution in [-0.4, -0.2) is 31.4 Å². The van der Waals surface area contributed by atoms with Crippen LogP contribution < -0.4 is 0 Å². The van der Waals surface area contributed by atoms with E-state index in [1.807, 2.05) is 6.92 Å². The van der Waals surface area contributed by atoms with Gasteiger partial charge < -0.3 is 4.42 Å². The fourth-order valence-electron chi connectivity index (χ4n) is 1.60. The van der Waals surface area contributed by atoms with Gasteiger partial charge in [0.05, 0.1) is 11.3 Å². The van der Waals surface area contributed by atoms with Gasteiger partial charge in [0.2, 0.25) is 10.0 Å². The lowest BCUT2D eigenvalue weighted by molar-refractivity contribution is 0.0881. The van der Waals surface area contributed by atoms with E-state index < -0.39 is 15.9 Å². The Labute approximate surface area is 108 Å². The summed E-state index contributed by atoms with van der Waals surface area (Å²) < 4.78 is 29.8. The van der Waals surface area contributed by atoms with Crippen molar-refractivity contribution < 1.29 is 17.6 Å². The third-order valence-electron chi connectivity index (χ3n) is 2.73. The summed E-state index contributed by atoms with van der Waals surface area (Å²) in [5.41, 5.74) is 0.301. The summed E-state index contributed by atoms with van der Waals surface area (Å²) in [6, 6.07) is 1.56. The molecule has 0 fully saturated rings. The second-order valence-corrected chi connectivity index (χ2v) is 6.39. The van der Waals surface area contributed by atoms with E-state index in [1.54, 1.807) is 19.9 Å². The average Bonchev–Trinajstić information content (AvgIpc) is 2.64. The molecule has 0 aliphatic rings. The number of carbonyl (C=O) groups is 1. The first-order valence-corrected chi connectivity index (χ1v) is 7.48. The molecule has 1 heterocycles. The normalized spacial score (nSPS) is 11.6. The maximum Gasteiger partial charge on any atom is 0.270 e. The number of furan rings is 1. The molecule has 0 bridgehead atoms. The number of rotatable bonds is 5. The maximum absolute atomic E-state index is 12.1. The zero-order valence-electron chi connectivity index (χ0n) is 11.2. The largest absolute Gasteiger partial charge is 0.466 e. The molecule has 0 aliphatic carbocycles. The number of carbonyl (C=O) groups excluding carboxylic acids is 1. The van der Waals surface area contributed by atoms with E-state index in [0.717, 1.165) is 10.7 Å². The zero-order chi connectivity index (χ0) is 13.9. The van der Waals surface area contributed by atoms with Gasteiger partial charge in [0.1, 0.15) is 11.5 Å². The highest BCUT2D eigenvalue weighted by atomic mass is 32.2. The van der Waals surface area contributed by atoms with Crippen LogP contribution in [0, 0.1) is 13.8 Å². The minimum Gasteiger partial charge on any atom is -0.466 e. The van der Waals surface area contributed by atoms with Crippen molar-refractivity contribution in [3.8, 4) is 0 Å². The van der Waals surface area contributed by atoms with E-state index in [4.69, 9.17) is 4.42 Å². The van der Waals surface area contributed by atoms with Crippen LogP contribution in [0.1, 0.15) is 41.6 Å². The highest BCUT2D eigenvalue weighted by Gasteiger charge is 2.26. The molecule has 0 N–H and O–H groups in total. The lowest BCUT2D eigenvalue weighted by Crippen LogP contribution is -2.35. The van der Waals surface area contributed by atoms with Crippen molar-refractivity contribution in [3.63, 3.8) is 0 Å². The molecule has 1 rings (SSSR count). The summed E-state index contributed by atoms with van der Waals surface area (Å²) in [5.74, 6) is 0.479. The molecule has 1 amide bonds. The molecule has 0 aliphatic heterocycles. The summed E-state index contributed by atoms with van der Waals surface area (Å²) in [6.07, 6.45) is 1.31. The van der Waals surface area contributed by atoms with Crippen LogP contribution in [0.2, 0.25) is 0 Å². The van der Waals surface area contributed by atoms with Gasteiger partial charge in [0.15, 0.2) is 0 Å². The van der Waals surface area contributed by atoms with E-state index in [-0.39, 0.29) is 5.75 Å². The van der Waals surface area contributed by atoms with Gasteiger partial charge in [-0.05, 0) is 26.3 Å². The molecule has 5 nitrogen and oxygen atoms in total. The SMILES string of the molecule is CCCCS(=O)(=O)N(C)C(=O)c1cc(C)oc1C. The number of amides is 1. The molecule has 0 spiro atoms. The molecular formula is C12H19NO4S. The van der Waals surface area contributed by atoms with E-state index in [2.05, 4.69) is 0 Å². The van der Waals surface area contributed by atoms with Gasteiger partial charge in [-0.2, -0.15) is 0 Å². The van der Waals surface area contributed by atoms with Crippen molar-refractivity contribution in [3.05, 3.63) is 23.2 Å². The Hall–Kier alpha value is -1.30. The predicted molar refractivity (Wildman–Crippen MR) is 69.0 cm³/mol. The molecule has 1 aromatic heterocycles. The number of hydrogen-bond acceptors (Lipinski definition) is 4. The summed E-state index contributed by atoms with van der Waals surface area (Å²) >= 11 is 0. The Morgan fingerprint density at radius 1 is 1.39 bits per heavy atom. The summed E-state index contributed by atoms with van der Waals surface area (Å²) in [6.45, 7) is 5.27. The van der Waals surface area contributed by atoms with Crippen molar-refractivity contribution in [2.24, 2.45) is 0 Å². The first kappa shape index (κ1) is 14.8. The Balaban J connectivity index is 2.94. The summed E-state index contributed by atoms with van der Waals surface area (Å²) in [5, 5.41) is 0. The van der Waals surface area contributed by atoms with Gasteiger partial charge in [-0.25, -0.2) is 12.7 Å². The Morgan fingerprint density at radius 3 is 2.44 bits per heavy atom. The van der Waals surface area contributed by atoms with Crippen molar-refractivity contribution in [1.29, 1.82) is 0 Å². The van der Waals surface area contributed by atoms with Gasteiger partial charge in [0, 0.05) is 7.05 Å². The summed E-state index contributed by atoms with van der Waals surface area (Å²) in [4.78, 5) is 12.1. The third-order valence-corrected chi connectivity index (χ3v) is 4.54. The van der Waals surface area contributed by atoms with Crippen molar-refractivity contribution in [2.75, 3.05) is 12.8 Å². The Kier molecular flexibility index (Phi) is 4.56. The summed E-state index contributed by atoms with van der Waals surface area (Å²) in [7, 11) is -2.25. The number of sulfonamides is 1. The highest BCUT2D eigenvalue weighted by molar-refractivity contribution is 7.89. The quantitative estimate of drug-likeness (QED) is 0.824. The van der Waals surface area contributed by atoms with E-state index >= 15 is 0 Å². The molecule has 0 radical (unpaired) electrons. The van der Waals surface area contributed by atoms with Crippen LogP contribution in [-0.2, 0) is 10.0 Å². The topological polar surface area (TPSA) is 67.6 Å². The van der Waals surface area contributed by atoms with Crippen molar-refractivity contribution in [2.45, 2.75) is 33.6 Å². The zero-order valence-corrected chi connectivity index (χ0v) is 12.0. The van der Waals surface area contributed by atoms with E-state index in [0.29, 0.717) is 23.5 Å². The van der Waals surface area contributed by atoms with Crippen LogP contribution in [0.25, 0.3) is 0 Å². The fourth-order valence-corrected chi connectivity index (χ4v) is 2.88. The lowest BCUT2D eigenvalue weighted by atomic mass is 10.2. The molecule has 0 unspecified atom stereocenters.